The Morgan fingerprint density at radius 1 is 0.500 bits per heavy atom. The third-order valence-electron chi connectivity index (χ3n) is 6.39. The molecular weight excluding hydrogens is 429 g/mol. The van der Waals surface area contributed by atoms with E-state index in [1.807, 2.05) is 54.7 Å². The van der Waals surface area contributed by atoms with Gasteiger partial charge in [-0.2, -0.15) is 0 Å². The summed E-state index contributed by atoms with van der Waals surface area (Å²) < 4.78 is 0. The fourth-order valence-electron chi connectivity index (χ4n) is 4.36. The number of hydrogen-bond acceptors (Lipinski definition) is 4. The van der Waals surface area contributed by atoms with Gasteiger partial charge in [-0.1, -0.05) is 12.1 Å². The van der Waals surface area contributed by atoms with Gasteiger partial charge in [-0.15, -0.1) is 0 Å². The molecule has 0 aliphatic carbocycles. The molecule has 0 fully saturated rings. The molecule has 6 rings (SSSR count). The van der Waals surface area contributed by atoms with E-state index in [1.54, 1.807) is 0 Å². The normalized spacial score (nSPS) is 19.4. The van der Waals surface area contributed by atoms with Crippen molar-refractivity contribution >= 4 is 51.5 Å². The van der Waals surface area contributed by atoms with Gasteiger partial charge in [0, 0.05) is 5.57 Å². The van der Waals surface area contributed by atoms with Crippen LogP contribution < -0.4 is 0 Å². The van der Waals surface area contributed by atoms with Gasteiger partial charge < -0.3 is 0 Å². The lowest BCUT2D eigenvalue weighted by Gasteiger charge is -2.12. The molecule has 34 heavy (non-hydrogen) atoms. The van der Waals surface area contributed by atoms with Crippen LogP contribution in [0.15, 0.2) is 122 Å². The lowest BCUT2D eigenvalue weighted by atomic mass is 9.92. The summed E-state index contributed by atoms with van der Waals surface area (Å²) in [4.78, 5) is 19.2. The Morgan fingerprint density at radius 2 is 1.03 bits per heavy atom. The van der Waals surface area contributed by atoms with E-state index in [1.165, 1.54) is 22.3 Å². The van der Waals surface area contributed by atoms with E-state index in [0.717, 1.165) is 51.2 Å². The molecule has 0 aromatic heterocycles. The van der Waals surface area contributed by atoms with Gasteiger partial charge in [-0.05, 0) is 110 Å². The van der Waals surface area contributed by atoms with Gasteiger partial charge in [-0.25, -0.2) is 20.0 Å². The van der Waals surface area contributed by atoms with E-state index in [2.05, 4.69) is 50.0 Å². The average Bonchev–Trinajstić information content (AvgIpc) is 3.58. The monoisotopic (exact) mass is 452 g/mol. The maximum atomic E-state index is 4.96. The molecule has 0 saturated carbocycles. The standard InChI is InChI=1S/C29H22N4.Mg.2H/c1-17-4-11-27(19(3)18(17)2)28-15-26-14-24-8-7-22(31-24)12-20-5-6-21(30-20)13-23-9-10-25(32-23)16-29(28)33-26;;;/h4-16H,1-3H3;;;. The van der Waals surface area contributed by atoms with Gasteiger partial charge in [0.05, 0.1) is 45.6 Å². The molecule has 5 heteroatoms. The lowest BCUT2D eigenvalue weighted by molar-refractivity contribution is 1.25. The van der Waals surface area contributed by atoms with Crippen LogP contribution in [0, 0.1) is 20.8 Å². The molecule has 8 bridgehead atoms. The quantitative estimate of drug-likeness (QED) is 0.531. The van der Waals surface area contributed by atoms with E-state index in [4.69, 9.17) is 15.0 Å². The Kier molecular flexibility index (Phi) is 5.76. The van der Waals surface area contributed by atoms with Crippen LogP contribution in [0.1, 0.15) is 22.3 Å². The molecule has 162 valence electrons. The summed E-state index contributed by atoms with van der Waals surface area (Å²) >= 11 is 0. The summed E-state index contributed by atoms with van der Waals surface area (Å²) in [5.41, 5.74) is 13.3. The number of rotatable bonds is 1. The van der Waals surface area contributed by atoms with E-state index < -0.39 is 0 Å². The van der Waals surface area contributed by atoms with Crippen molar-refractivity contribution in [3.8, 4) is 0 Å². The molecule has 0 atom stereocenters. The topological polar surface area (TPSA) is 49.4 Å². The Balaban J connectivity index is 0.00000241. The number of hydrogen-bond donors (Lipinski definition) is 0. The third-order valence-corrected chi connectivity index (χ3v) is 6.39. The van der Waals surface area contributed by atoms with Crippen molar-refractivity contribution < 1.29 is 0 Å². The third kappa shape index (κ3) is 4.13. The molecule has 1 aromatic rings. The maximum absolute atomic E-state index is 4.96. The number of aliphatic imine (C=N–C) groups is 4. The zero-order valence-corrected chi connectivity index (χ0v) is 18.8. The Hall–Kier alpha value is -3.41. The molecule has 0 N–H and O–H groups in total. The van der Waals surface area contributed by atoms with Gasteiger partial charge in [0.15, 0.2) is 0 Å². The molecular formula is C29H24MgN4. The van der Waals surface area contributed by atoms with Gasteiger partial charge in [0.1, 0.15) is 0 Å². The van der Waals surface area contributed by atoms with Gasteiger partial charge >= 0.3 is 23.1 Å². The zero-order chi connectivity index (χ0) is 22.5. The molecule has 5 aliphatic rings. The molecule has 0 unspecified atom stereocenters. The smallest absolute Gasteiger partial charge is 0.249 e. The van der Waals surface area contributed by atoms with Crippen molar-refractivity contribution in [3.63, 3.8) is 0 Å². The van der Waals surface area contributed by atoms with E-state index in [0.29, 0.717) is 0 Å². The van der Waals surface area contributed by atoms with Gasteiger partial charge in [0.2, 0.25) is 0 Å². The number of benzene rings is 1. The summed E-state index contributed by atoms with van der Waals surface area (Å²) in [6, 6.07) is 4.38. The van der Waals surface area contributed by atoms with Gasteiger partial charge in [-0.3, -0.25) is 0 Å². The Morgan fingerprint density at radius 3 is 1.62 bits per heavy atom. The van der Waals surface area contributed by atoms with Crippen LogP contribution in [0.25, 0.3) is 5.57 Å². The zero-order valence-electron chi connectivity index (χ0n) is 18.8. The summed E-state index contributed by atoms with van der Waals surface area (Å²) in [6.07, 6.45) is 22.3. The number of allylic oxidation sites excluding steroid dienone is 12. The first-order valence-corrected chi connectivity index (χ1v) is 11.1. The molecule has 0 radical (unpaired) electrons. The molecule has 4 nitrogen and oxygen atoms in total. The average molecular weight is 453 g/mol. The molecule has 1 aromatic carbocycles. The summed E-state index contributed by atoms with van der Waals surface area (Å²) in [7, 11) is 0. The fourth-order valence-corrected chi connectivity index (χ4v) is 4.36. The van der Waals surface area contributed by atoms with Crippen LogP contribution in [0.3, 0.4) is 0 Å². The molecule has 5 aliphatic heterocycles. The van der Waals surface area contributed by atoms with Crippen molar-refractivity contribution in [2.75, 3.05) is 0 Å². The van der Waals surface area contributed by atoms with Crippen LogP contribution in [0.5, 0.6) is 0 Å². The first kappa shape index (κ1) is 22.4. The van der Waals surface area contributed by atoms with Crippen LogP contribution in [0.2, 0.25) is 0 Å². The van der Waals surface area contributed by atoms with Crippen LogP contribution in [-0.2, 0) is 0 Å². The minimum atomic E-state index is 0. The molecule has 5 heterocycles. The van der Waals surface area contributed by atoms with Crippen LogP contribution in [0.4, 0.5) is 0 Å². The first-order chi connectivity index (χ1) is 16.0. The van der Waals surface area contributed by atoms with Crippen molar-refractivity contribution in [2.24, 2.45) is 20.0 Å². The molecule has 0 saturated heterocycles. The predicted molar refractivity (Wildman–Crippen MR) is 147 cm³/mol. The summed E-state index contributed by atoms with van der Waals surface area (Å²) in [5, 5.41) is 0. The van der Waals surface area contributed by atoms with E-state index >= 15 is 0 Å². The fraction of sp³-hybridized carbons (Fsp3) is 0.103. The number of nitrogens with zero attached hydrogens (tertiary/aromatic N) is 4. The number of fused-ring (bicyclic) bond motifs is 4. The Labute approximate surface area is 215 Å². The van der Waals surface area contributed by atoms with Crippen LogP contribution >= 0.6 is 0 Å². The van der Waals surface area contributed by atoms with E-state index in [-0.39, 0.29) is 23.1 Å². The van der Waals surface area contributed by atoms with Crippen molar-refractivity contribution in [1.29, 1.82) is 0 Å². The lowest BCUT2D eigenvalue weighted by Crippen LogP contribution is -2.00. The van der Waals surface area contributed by atoms with E-state index in [9.17, 15) is 0 Å². The summed E-state index contributed by atoms with van der Waals surface area (Å²) in [5.74, 6) is 0. The maximum Gasteiger partial charge on any atom is 0.316 e. The number of aryl methyl sites for hydroxylation is 1. The predicted octanol–water partition coefficient (Wildman–Crippen LogP) is 5.12. The first-order valence-electron chi connectivity index (χ1n) is 11.1. The van der Waals surface area contributed by atoms with Crippen molar-refractivity contribution in [2.45, 2.75) is 20.8 Å². The second-order valence-electron chi connectivity index (χ2n) is 8.62. The van der Waals surface area contributed by atoms with Gasteiger partial charge in [0.25, 0.3) is 0 Å². The minimum absolute atomic E-state index is 0. The largest absolute Gasteiger partial charge is 0.316 e. The highest BCUT2D eigenvalue weighted by molar-refractivity contribution is 6.32. The highest BCUT2D eigenvalue weighted by Crippen LogP contribution is 2.32. The minimum Gasteiger partial charge on any atom is -0.249 e. The SMILES string of the molecule is Cc1ccc(C2=CC3=CC4=NC(=CC5=NC(=CC6=NC(=CC2=N3)C=C6)C=C5)C=C4)c(C)c1C.[MgH2]. The van der Waals surface area contributed by atoms with Crippen molar-refractivity contribution in [3.05, 3.63) is 124 Å². The second-order valence-corrected chi connectivity index (χ2v) is 8.62. The van der Waals surface area contributed by atoms with Crippen molar-refractivity contribution in [1.82, 2.24) is 0 Å². The highest BCUT2D eigenvalue weighted by Gasteiger charge is 2.20. The second kappa shape index (κ2) is 8.74. The summed E-state index contributed by atoms with van der Waals surface area (Å²) in [6.45, 7) is 6.52. The molecule has 0 amide bonds. The van der Waals surface area contributed by atoms with Crippen LogP contribution in [-0.4, -0.2) is 45.9 Å². The molecule has 0 spiro atoms. The Bertz CT molecular complexity index is 1510. The highest BCUT2D eigenvalue weighted by atomic mass is 24.3.